The number of hydrogen-bond donors (Lipinski definition) is 3. The fraction of sp³-hybridized carbons (Fsp3) is 0.562. The van der Waals surface area contributed by atoms with Crippen molar-refractivity contribution in [2.75, 3.05) is 5.32 Å². The van der Waals surface area contributed by atoms with Crippen LogP contribution in [0.15, 0.2) is 12.1 Å². The molecule has 1 aromatic heterocycles. The molecule has 0 saturated carbocycles. The number of aromatic nitrogens is 1. The third kappa shape index (κ3) is 7.10. The summed E-state index contributed by atoms with van der Waals surface area (Å²) in [6.07, 6.45) is -0.0491. The maximum Gasteiger partial charge on any atom is 0.413 e. The number of ether oxygens (including phenoxy) is 1. The van der Waals surface area contributed by atoms with Crippen LogP contribution in [0, 0.1) is 0 Å². The molecule has 0 aromatic carbocycles. The summed E-state index contributed by atoms with van der Waals surface area (Å²) in [7, 11) is 0. The zero-order valence-electron chi connectivity index (χ0n) is 14.1. The summed E-state index contributed by atoms with van der Waals surface area (Å²) in [4.78, 5) is 27.2. The zero-order chi connectivity index (χ0) is 17.8. The van der Waals surface area contributed by atoms with Crippen molar-refractivity contribution in [1.82, 2.24) is 4.98 Å². The summed E-state index contributed by atoms with van der Waals surface area (Å²) < 4.78 is 5.13. The average Bonchev–Trinajstić information content (AvgIpc) is 2.32. The molecule has 7 nitrogen and oxygen atoms in total. The molecule has 1 rings (SSSR count). The molecule has 0 spiro atoms. The third-order valence-electron chi connectivity index (χ3n) is 2.81. The lowest BCUT2D eigenvalue weighted by Crippen LogP contribution is -2.27. The van der Waals surface area contributed by atoms with Gasteiger partial charge in [0, 0.05) is 0 Å². The Hall–Kier alpha value is -2.15. The first kappa shape index (κ1) is 18.9. The van der Waals surface area contributed by atoms with Gasteiger partial charge in [0.1, 0.15) is 11.4 Å². The van der Waals surface area contributed by atoms with Gasteiger partial charge in [-0.2, -0.15) is 0 Å². The molecule has 1 heterocycles. The van der Waals surface area contributed by atoms with Crippen LogP contribution in [-0.2, 0) is 11.2 Å². The molecule has 0 fully saturated rings. The van der Waals surface area contributed by atoms with Crippen LogP contribution in [0.1, 0.15) is 57.1 Å². The smallest absolute Gasteiger partial charge is 0.413 e. The van der Waals surface area contributed by atoms with Crippen LogP contribution in [0.5, 0.6) is 0 Å². The summed E-state index contributed by atoms with van der Waals surface area (Å²) in [6.45, 7) is 8.49. The standard InChI is InChI=1S/C16H24N2O5/c1-15(2,3)23-14(21)18-12-7-6-10(13(19)20)11(17-12)8-9-16(4,5)22/h6-7,22H,8-9H2,1-5H3,(H,19,20)(H,17,18,21). The number of aryl methyl sites for hydroxylation is 1. The highest BCUT2D eigenvalue weighted by molar-refractivity contribution is 5.90. The molecule has 0 unspecified atom stereocenters. The number of anilines is 1. The highest BCUT2D eigenvalue weighted by Crippen LogP contribution is 2.18. The van der Waals surface area contributed by atoms with Gasteiger partial charge >= 0.3 is 12.1 Å². The van der Waals surface area contributed by atoms with Gasteiger partial charge in [0.05, 0.1) is 16.9 Å². The lowest BCUT2D eigenvalue weighted by atomic mass is 9.99. The molecule has 1 amide bonds. The van der Waals surface area contributed by atoms with Crippen molar-refractivity contribution in [3.63, 3.8) is 0 Å². The van der Waals surface area contributed by atoms with E-state index in [1.807, 2.05) is 0 Å². The van der Waals surface area contributed by atoms with Crippen LogP contribution >= 0.6 is 0 Å². The van der Waals surface area contributed by atoms with Gasteiger partial charge in [-0.15, -0.1) is 0 Å². The van der Waals surface area contributed by atoms with E-state index in [-0.39, 0.29) is 17.8 Å². The summed E-state index contributed by atoms with van der Waals surface area (Å²) >= 11 is 0. The van der Waals surface area contributed by atoms with Crippen molar-refractivity contribution >= 4 is 17.9 Å². The Labute approximate surface area is 135 Å². The second kappa shape index (κ2) is 6.95. The number of aromatic carboxylic acids is 1. The first-order valence-corrected chi connectivity index (χ1v) is 7.33. The lowest BCUT2D eigenvalue weighted by molar-refractivity contribution is 0.0633. The molecule has 0 radical (unpaired) electrons. The van der Waals surface area contributed by atoms with Crippen LogP contribution in [0.3, 0.4) is 0 Å². The Kier molecular flexibility index (Phi) is 5.71. The van der Waals surface area contributed by atoms with E-state index in [9.17, 15) is 19.8 Å². The molecule has 1 aromatic rings. The van der Waals surface area contributed by atoms with Crippen molar-refractivity contribution in [2.24, 2.45) is 0 Å². The molecule has 23 heavy (non-hydrogen) atoms. The number of amides is 1. The number of rotatable bonds is 5. The Bertz CT molecular complexity index is 585. The van der Waals surface area contributed by atoms with Crippen LogP contribution in [0.4, 0.5) is 10.6 Å². The highest BCUT2D eigenvalue weighted by Gasteiger charge is 2.20. The minimum absolute atomic E-state index is 0.0454. The fourth-order valence-electron chi connectivity index (χ4n) is 1.79. The van der Waals surface area contributed by atoms with Crippen LogP contribution in [0.2, 0.25) is 0 Å². The highest BCUT2D eigenvalue weighted by atomic mass is 16.6. The monoisotopic (exact) mass is 324 g/mol. The minimum atomic E-state index is -1.10. The predicted molar refractivity (Wildman–Crippen MR) is 85.7 cm³/mol. The molecule has 128 valence electrons. The summed E-state index contributed by atoms with van der Waals surface area (Å²) in [6, 6.07) is 2.78. The number of pyridine rings is 1. The molecule has 0 aliphatic heterocycles. The maximum atomic E-state index is 11.7. The van der Waals surface area contributed by atoms with E-state index in [0.717, 1.165) is 0 Å². The van der Waals surface area contributed by atoms with E-state index >= 15 is 0 Å². The van der Waals surface area contributed by atoms with Gasteiger partial charge in [0.2, 0.25) is 0 Å². The Morgan fingerprint density at radius 3 is 2.30 bits per heavy atom. The summed E-state index contributed by atoms with van der Waals surface area (Å²) in [5.74, 6) is -0.901. The topological polar surface area (TPSA) is 109 Å². The minimum Gasteiger partial charge on any atom is -0.478 e. The van der Waals surface area contributed by atoms with Crippen LogP contribution < -0.4 is 5.32 Å². The van der Waals surface area contributed by atoms with Crippen LogP contribution in [-0.4, -0.2) is 38.5 Å². The van der Waals surface area contributed by atoms with E-state index in [2.05, 4.69) is 10.3 Å². The van der Waals surface area contributed by atoms with Gasteiger partial charge < -0.3 is 14.9 Å². The van der Waals surface area contributed by atoms with Crippen molar-refractivity contribution in [3.8, 4) is 0 Å². The van der Waals surface area contributed by atoms with E-state index in [4.69, 9.17) is 4.74 Å². The second-order valence-electron chi connectivity index (χ2n) is 6.94. The Balaban J connectivity index is 2.95. The fourth-order valence-corrected chi connectivity index (χ4v) is 1.79. The number of carboxylic acids is 1. The molecule has 0 aliphatic rings. The normalized spacial score (nSPS) is 11.9. The van der Waals surface area contributed by atoms with Crippen molar-refractivity contribution in [3.05, 3.63) is 23.4 Å². The van der Waals surface area contributed by atoms with E-state index in [1.54, 1.807) is 34.6 Å². The van der Waals surface area contributed by atoms with Gasteiger partial charge in [-0.25, -0.2) is 14.6 Å². The molecule has 0 bridgehead atoms. The van der Waals surface area contributed by atoms with Gasteiger partial charge in [-0.1, -0.05) is 0 Å². The molecule has 7 heteroatoms. The van der Waals surface area contributed by atoms with Gasteiger partial charge in [-0.3, -0.25) is 5.32 Å². The first-order chi connectivity index (χ1) is 10.4. The van der Waals surface area contributed by atoms with E-state index < -0.39 is 23.3 Å². The predicted octanol–water partition coefficient (Wildman–Crippen LogP) is 2.83. The second-order valence-corrected chi connectivity index (χ2v) is 6.94. The first-order valence-electron chi connectivity index (χ1n) is 7.33. The number of carbonyl (C=O) groups excluding carboxylic acids is 1. The van der Waals surface area contributed by atoms with Gasteiger partial charge in [0.15, 0.2) is 0 Å². The van der Waals surface area contributed by atoms with Gasteiger partial charge in [0.25, 0.3) is 0 Å². The van der Waals surface area contributed by atoms with Crippen LogP contribution in [0.25, 0.3) is 0 Å². The zero-order valence-corrected chi connectivity index (χ0v) is 14.1. The molecular formula is C16H24N2O5. The summed E-state index contributed by atoms with van der Waals surface area (Å²) in [5.41, 5.74) is -1.24. The Morgan fingerprint density at radius 2 is 1.83 bits per heavy atom. The van der Waals surface area contributed by atoms with Gasteiger partial charge in [-0.05, 0) is 59.6 Å². The number of hydrogen-bond acceptors (Lipinski definition) is 5. The lowest BCUT2D eigenvalue weighted by Gasteiger charge is -2.20. The van der Waals surface area contributed by atoms with Crippen molar-refractivity contribution < 1.29 is 24.5 Å². The van der Waals surface area contributed by atoms with Crippen molar-refractivity contribution in [2.45, 2.75) is 58.7 Å². The SMILES string of the molecule is CC(C)(O)CCc1nc(NC(=O)OC(C)(C)C)ccc1C(=O)O. The largest absolute Gasteiger partial charge is 0.478 e. The molecule has 0 atom stereocenters. The number of nitrogens with zero attached hydrogens (tertiary/aromatic N) is 1. The maximum absolute atomic E-state index is 11.7. The number of carboxylic acid groups (broad SMARTS) is 1. The average molecular weight is 324 g/mol. The van der Waals surface area contributed by atoms with Crippen molar-refractivity contribution in [1.29, 1.82) is 0 Å². The Morgan fingerprint density at radius 1 is 1.22 bits per heavy atom. The quantitative estimate of drug-likeness (QED) is 0.768. The summed E-state index contributed by atoms with van der Waals surface area (Å²) in [5, 5.41) is 21.5. The molecular weight excluding hydrogens is 300 g/mol. The molecule has 0 saturated heterocycles. The molecule has 3 N–H and O–H groups in total. The number of nitrogens with one attached hydrogen (secondary N) is 1. The number of carbonyl (C=O) groups is 2. The third-order valence-corrected chi connectivity index (χ3v) is 2.81. The number of aliphatic hydroxyl groups is 1. The van der Waals surface area contributed by atoms with E-state index in [1.165, 1.54) is 12.1 Å². The molecule has 0 aliphatic carbocycles. The van der Waals surface area contributed by atoms with E-state index in [0.29, 0.717) is 12.1 Å².